The fourth-order valence-corrected chi connectivity index (χ4v) is 1.44. The Hall–Kier alpha value is -1.98. The van der Waals surface area contributed by atoms with Crippen LogP contribution in [0.2, 0.25) is 0 Å². The number of esters is 1. The molecule has 0 saturated heterocycles. The molecular weight excluding hydrogens is 246 g/mol. The summed E-state index contributed by atoms with van der Waals surface area (Å²) < 4.78 is 4.87. The molecule has 0 radical (unpaired) electrons. The highest BCUT2D eigenvalue weighted by molar-refractivity contribution is 5.89. The number of hydrogen-bond acceptors (Lipinski definition) is 5. The molecule has 1 aliphatic heterocycles. The molecular formula is C13H19N3O3. The number of nitrogens with zero attached hydrogens (tertiary/aromatic N) is 2. The van der Waals surface area contributed by atoms with Crippen LogP contribution >= 0.6 is 0 Å². The number of carbonyl (C=O) groups excluding carboxylic acids is 2. The Morgan fingerprint density at radius 2 is 2.21 bits per heavy atom. The summed E-state index contributed by atoms with van der Waals surface area (Å²) in [5.74, 6) is -0.722. The summed E-state index contributed by atoms with van der Waals surface area (Å²) in [7, 11) is 0. The van der Waals surface area contributed by atoms with Gasteiger partial charge in [0.15, 0.2) is 5.54 Å². The van der Waals surface area contributed by atoms with E-state index in [1.807, 2.05) is 6.92 Å². The second-order valence-corrected chi connectivity index (χ2v) is 4.51. The molecule has 1 aliphatic rings. The smallest absolute Gasteiger partial charge is 0.333 e. The topological polar surface area (TPSA) is 80.1 Å². The number of nitrogens with one attached hydrogen (secondary N) is 1. The van der Waals surface area contributed by atoms with Gasteiger partial charge < -0.3 is 10.1 Å². The monoisotopic (exact) mass is 265 g/mol. The van der Waals surface area contributed by atoms with E-state index in [2.05, 4.69) is 22.1 Å². The first kappa shape index (κ1) is 15.1. The maximum Gasteiger partial charge on any atom is 0.333 e. The van der Waals surface area contributed by atoms with Gasteiger partial charge in [0.2, 0.25) is 0 Å². The SMILES string of the molecule is C=C(C)C(=O)OCCNC(=O)C1(C)C=C(CC)N=N1. The molecule has 1 rings (SSSR count). The molecule has 1 heterocycles. The van der Waals surface area contributed by atoms with Crippen LogP contribution < -0.4 is 5.32 Å². The van der Waals surface area contributed by atoms with Gasteiger partial charge in [-0.2, -0.15) is 10.2 Å². The Morgan fingerprint density at radius 1 is 1.53 bits per heavy atom. The molecule has 1 unspecified atom stereocenters. The molecule has 1 N–H and O–H groups in total. The molecule has 6 nitrogen and oxygen atoms in total. The van der Waals surface area contributed by atoms with Crippen LogP contribution in [0.25, 0.3) is 0 Å². The lowest BCUT2D eigenvalue weighted by atomic mass is 10.0. The van der Waals surface area contributed by atoms with E-state index >= 15 is 0 Å². The van der Waals surface area contributed by atoms with Gasteiger partial charge in [-0.15, -0.1) is 0 Å². The molecule has 1 atom stereocenters. The standard InChI is InChI=1S/C13H19N3O3/c1-5-10-8-13(4,16-15-10)12(18)14-6-7-19-11(17)9(2)3/h8H,2,5-7H2,1,3-4H3,(H,14,18). The maximum atomic E-state index is 11.9. The molecule has 19 heavy (non-hydrogen) atoms. The molecule has 104 valence electrons. The van der Waals surface area contributed by atoms with Crippen LogP contribution in [-0.2, 0) is 14.3 Å². The fourth-order valence-electron chi connectivity index (χ4n) is 1.44. The second-order valence-electron chi connectivity index (χ2n) is 4.51. The van der Waals surface area contributed by atoms with E-state index in [9.17, 15) is 9.59 Å². The average molecular weight is 265 g/mol. The predicted molar refractivity (Wildman–Crippen MR) is 70.4 cm³/mol. The van der Waals surface area contributed by atoms with Gasteiger partial charge in [-0.3, -0.25) is 4.79 Å². The lowest BCUT2D eigenvalue weighted by Crippen LogP contribution is -2.42. The highest BCUT2D eigenvalue weighted by atomic mass is 16.5. The molecule has 0 aromatic carbocycles. The third-order valence-electron chi connectivity index (χ3n) is 2.63. The largest absolute Gasteiger partial charge is 0.460 e. The van der Waals surface area contributed by atoms with Crippen molar-refractivity contribution in [2.75, 3.05) is 13.2 Å². The highest BCUT2D eigenvalue weighted by Crippen LogP contribution is 2.25. The predicted octanol–water partition coefficient (Wildman–Crippen LogP) is 1.74. The van der Waals surface area contributed by atoms with Crippen LogP contribution in [0.1, 0.15) is 27.2 Å². The van der Waals surface area contributed by atoms with Gasteiger partial charge in [-0.05, 0) is 26.3 Å². The Balaban J connectivity index is 2.37. The molecule has 0 aliphatic carbocycles. The van der Waals surface area contributed by atoms with Crippen molar-refractivity contribution in [1.82, 2.24) is 5.32 Å². The lowest BCUT2D eigenvalue weighted by Gasteiger charge is -2.16. The zero-order valence-electron chi connectivity index (χ0n) is 11.5. The molecule has 0 fully saturated rings. The first-order valence-electron chi connectivity index (χ1n) is 6.14. The molecule has 0 aromatic rings. The number of carbonyl (C=O) groups is 2. The van der Waals surface area contributed by atoms with Gasteiger partial charge >= 0.3 is 5.97 Å². The van der Waals surface area contributed by atoms with Crippen molar-refractivity contribution in [1.29, 1.82) is 0 Å². The molecule has 0 bridgehead atoms. The van der Waals surface area contributed by atoms with Crippen molar-refractivity contribution in [2.45, 2.75) is 32.7 Å². The number of azo groups is 1. The first-order valence-corrected chi connectivity index (χ1v) is 6.14. The normalized spacial score (nSPS) is 20.9. The molecule has 6 heteroatoms. The van der Waals surface area contributed by atoms with Crippen molar-refractivity contribution < 1.29 is 14.3 Å². The van der Waals surface area contributed by atoms with Crippen LogP contribution in [0, 0.1) is 0 Å². The lowest BCUT2D eigenvalue weighted by molar-refractivity contribution is -0.139. The molecule has 0 spiro atoms. The Labute approximate surface area is 112 Å². The zero-order valence-corrected chi connectivity index (χ0v) is 11.5. The quantitative estimate of drug-likeness (QED) is 0.451. The van der Waals surface area contributed by atoms with Gasteiger partial charge in [0, 0.05) is 5.57 Å². The minimum Gasteiger partial charge on any atom is -0.460 e. The zero-order chi connectivity index (χ0) is 14.5. The summed E-state index contributed by atoms with van der Waals surface area (Å²) in [5.41, 5.74) is 0.175. The molecule has 1 amide bonds. The van der Waals surface area contributed by atoms with E-state index in [1.165, 1.54) is 0 Å². The van der Waals surface area contributed by atoms with Crippen molar-refractivity contribution in [3.63, 3.8) is 0 Å². The van der Waals surface area contributed by atoms with Crippen molar-refractivity contribution in [2.24, 2.45) is 10.2 Å². The third kappa shape index (κ3) is 4.01. The van der Waals surface area contributed by atoms with E-state index < -0.39 is 11.5 Å². The van der Waals surface area contributed by atoms with Crippen LogP contribution in [0.4, 0.5) is 0 Å². The van der Waals surface area contributed by atoms with Gasteiger partial charge in [-0.25, -0.2) is 4.79 Å². The highest BCUT2D eigenvalue weighted by Gasteiger charge is 2.34. The van der Waals surface area contributed by atoms with E-state index in [0.29, 0.717) is 5.57 Å². The van der Waals surface area contributed by atoms with Gasteiger partial charge in [-0.1, -0.05) is 13.5 Å². The van der Waals surface area contributed by atoms with Gasteiger partial charge in [0.1, 0.15) is 6.61 Å². The molecule has 0 saturated carbocycles. The Bertz CT molecular complexity index is 454. The fraction of sp³-hybridized carbons (Fsp3) is 0.538. The van der Waals surface area contributed by atoms with E-state index in [1.54, 1.807) is 19.9 Å². The van der Waals surface area contributed by atoms with Crippen LogP contribution in [-0.4, -0.2) is 30.6 Å². The minimum atomic E-state index is -0.955. The van der Waals surface area contributed by atoms with Gasteiger partial charge in [0.05, 0.1) is 12.2 Å². The van der Waals surface area contributed by atoms with Crippen molar-refractivity contribution in [3.8, 4) is 0 Å². The first-order chi connectivity index (χ1) is 8.89. The van der Waals surface area contributed by atoms with E-state index in [0.717, 1.165) is 12.1 Å². The third-order valence-corrected chi connectivity index (χ3v) is 2.63. The summed E-state index contributed by atoms with van der Waals surface area (Å²) >= 11 is 0. The average Bonchev–Trinajstić information content (AvgIpc) is 2.77. The number of hydrogen-bond donors (Lipinski definition) is 1. The van der Waals surface area contributed by atoms with Crippen molar-refractivity contribution >= 4 is 11.9 Å². The Morgan fingerprint density at radius 3 is 2.74 bits per heavy atom. The van der Waals surface area contributed by atoms with Crippen LogP contribution in [0.5, 0.6) is 0 Å². The Kier molecular flexibility index (Phi) is 4.97. The van der Waals surface area contributed by atoms with Crippen LogP contribution in [0.15, 0.2) is 34.2 Å². The number of allylic oxidation sites excluding steroid dienone is 1. The van der Waals surface area contributed by atoms with Crippen molar-refractivity contribution in [3.05, 3.63) is 23.9 Å². The summed E-state index contributed by atoms with van der Waals surface area (Å²) in [5, 5.41) is 10.6. The number of amides is 1. The van der Waals surface area contributed by atoms with Gasteiger partial charge in [0.25, 0.3) is 5.91 Å². The molecule has 0 aromatic heterocycles. The number of ether oxygens (including phenoxy) is 1. The number of rotatable bonds is 6. The summed E-state index contributed by atoms with van der Waals surface area (Å²) in [6, 6.07) is 0. The van der Waals surface area contributed by atoms with Crippen LogP contribution in [0.3, 0.4) is 0 Å². The van der Waals surface area contributed by atoms with E-state index in [-0.39, 0.29) is 19.1 Å². The summed E-state index contributed by atoms with van der Waals surface area (Å²) in [6.07, 6.45) is 2.48. The van der Waals surface area contributed by atoms with E-state index in [4.69, 9.17) is 4.74 Å². The summed E-state index contributed by atoms with van der Waals surface area (Å²) in [6.45, 7) is 9.01. The summed E-state index contributed by atoms with van der Waals surface area (Å²) in [4.78, 5) is 23.1. The second kappa shape index (κ2) is 6.26. The minimum absolute atomic E-state index is 0.106. The maximum absolute atomic E-state index is 11.9.